The summed E-state index contributed by atoms with van der Waals surface area (Å²) in [5, 5.41) is 18.4. The van der Waals surface area contributed by atoms with E-state index in [1.165, 1.54) is 22.5 Å². The van der Waals surface area contributed by atoms with Crippen LogP contribution in [0.25, 0.3) is 0 Å². The summed E-state index contributed by atoms with van der Waals surface area (Å²) in [6.07, 6.45) is 9.75. The van der Waals surface area contributed by atoms with Crippen LogP contribution in [0, 0.1) is 0 Å². The van der Waals surface area contributed by atoms with Gasteiger partial charge in [-0.15, -0.1) is 0 Å². The minimum atomic E-state index is -1.09. The summed E-state index contributed by atoms with van der Waals surface area (Å²) in [5.41, 5.74) is 1.26. The summed E-state index contributed by atoms with van der Waals surface area (Å²) >= 11 is 0. The number of H-pyrrole nitrogens is 2. The van der Waals surface area contributed by atoms with Gasteiger partial charge in [0.2, 0.25) is 23.6 Å². The molecule has 2 aromatic rings. The van der Waals surface area contributed by atoms with Gasteiger partial charge in [-0.25, -0.2) is 14.8 Å². The highest BCUT2D eigenvalue weighted by atomic mass is 16.4. The number of rotatable bonds is 11. The first-order valence-electron chi connectivity index (χ1n) is 14.4. The molecule has 5 rings (SSSR count). The van der Waals surface area contributed by atoms with Crippen LogP contribution in [0.1, 0.15) is 49.9 Å². The van der Waals surface area contributed by atoms with E-state index in [4.69, 9.17) is 0 Å². The molecule has 3 aliphatic heterocycles. The maximum Gasteiger partial charge on any atom is 0.326 e. The van der Waals surface area contributed by atoms with E-state index in [1.54, 1.807) is 12.4 Å². The Hall–Kier alpha value is -4.27. The van der Waals surface area contributed by atoms with Crippen molar-refractivity contribution in [2.45, 2.75) is 81.6 Å². The van der Waals surface area contributed by atoms with Crippen LogP contribution < -0.4 is 16.0 Å². The van der Waals surface area contributed by atoms with Gasteiger partial charge in [-0.3, -0.25) is 19.2 Å². The van der Waals surface area contributed by atoms with Gasteiger partial charge in [0.1, 0.15) is 24.2 Å². The lowest BCUT2D eigenvalue weighted by atomic mass is 10.1. The molecule has 4 amide bonds. The highest BCUT2D eigenvalue weighted by molar-refractivity contribution is 5.96. The average molecular weight is 584 g/mol. The van der Waals surface area contributed by atoms with Crippen molar-refractivity contribution >= 4 is 29.6 Å². The molecule has 0 radical (unpaired) electrons. The second-order valence-corrected chi connectivity index (χ2v) is 11.1. The number of aromatic amines is 2. The van der Waals surface area contributed by atoms with E-state index in [2.05, 4.69) is 35.9 Å². The van der Waals surface area contributed by atoms with Crippen molar-refractivity contribution < 1.29 is 29.1 Å². The average Bonchev–Trinajstić information content (AvgIpc) is 3.81. The fourth-order valence-electron chi connectivity index (χ4n) is 6.07. The van der Waals surface area contributed by atoms with Crippen molar-refractivity contribution in [2.75, 3.05) is 19.6 Å². The fraction of sp³-hybridized carbons (Fsp3) is 0.593. The number of amides is 4. The Kier molecular flexibility index (Phi) is 9.15. The zero-order valence-electron chi connectivity index (χ0n) is 23.3. The number of carbonyl (C=O) groups excluding carboxylic acids is 4. The molecule has 5 heterocycles. The van der Waals surface area contributed by atoms with E-state index < -0.39 is 47.9 Å². The van der Waals surface area contributed by atoms with Crippen molar-refractivity contribution in [2.24, 2.45) is 0 Å². The predicted octanol–water partition coefficient (Wildman–Crippen LogP) is -1.29. The van der Waals surface area contributed by atoms with E-state index >= 15 is 0 Å². The zero-order valence-corrected chi connectivity index (χ0v) is 23.3. The predicted molar refractivity (Wildman–Crippen MR) is 147 cm³/mol. The van der Waals surface area contributed by atoms with Crippen LogP contribution in [0.15, 0.2) is 25.0 Å². The van der Waals surface area contributed by atoms with Gasteiger partial charge in [0, 0.05) is 49.7 Å². The molecule has 5 atom stereocenters. The van der Waals surface area contributed by atoms with Crippen LogP contribution in [0.5, 0.6) is 0 Å². The molecule has 3 fully saturated rings. The Labute approximate surface area is 242 Å². The molecule has 0 aromatic carbocycles. The van der Waals surface area contributed by atoms with Crippen LogP contribution in [-0.2, 0) is 36.8 Å². The Morgan fingerprint density at radius 1 is 0.810 bits per heavy atom. The summed E-state index contributed by atoms with van der Waals surface area (Å²) in [4.78, 5) is 82.5. The molecule has 0 unspecified atom stereocenters. The lowest BCUT2D eigenvalue weighted by molar-refractivity contribution is -0.149. The molecule has 15 heteroatoms. The molecule has 0 saturated carbocycles. The summed E-state index contributed by atoms with van der Waals surface area (Å²) in [7, 11) is 0. The lowest BCUT2D eigenvalue weighted by Crippen LogP contribution is -2.58. The largest absolute Gasteiger partial charge is 0.480 e. The molecule has 226 valence electrons. The molecule has 0 spiro atoms. The first kappa shape index (κ1) is 29.2. The highest BCUT2D eigenvalue weighted by Gasteiger charge is 2.42. The number of nitrogens with one attached hydrogen (secondary N) is 5. The maximum absolute atomic E-state index is 13.9. The van der Waals surface area contributed by atoms with Gasteiger partial charge in [-0.2, -0.15) is 0 Å². The van der Waals surface area contributed by atoms with Crippen molar-refractivity contribution in [3.8, 4) is 0 Å². The molecule has 3 aliphatic rings. The monoisotopic (exact) mass is 583 g/mol. The molecular weight excluding hydrogens is 546 g/mol. The molecule has 0 aliphatic carbocycles. The first-order valence-corrected chi connectivity index (χ1v) is 14.4. The Morgan fingerprint density at radius 3 is 1.86 bits per heavy atom. The van der Waals surface area contributed by atoms with Crippen LogP contribution in [0.2, 0.25) is 0 Å². The second-order valence-electron chi connectivity index (χ2n) is 11.1. The minimum Gasteiger partial charge on any atom is -0.480 e. The summed E-state index contributed by atoms with van der Waals surface area (Å²) in [6.45, 7) is 1.33. The highest BCUT2D eigenvalue weighted by Crippen LogP contribution is 2.22. The third-order valence-electron chi connectivity index (χ3n) is 8.22. The van der Waals surface area contributed by atoms with E-state index in [0.717, 1.165) is 13.0 Å². The van der Waals surface area contributed by atoms with E-state index in [9.17, 15) is 29.1 Å². The standard InChI is InChI=1S/C27H37N9O6/c37-23(18-4-1-7-30-18)33-19(10-16-12-28-14-31-16)25(39)35-8-2-5-21(35)24(38)34-20(11-17-13-29-15-32-17)26(40)36-9-3-6-22(36)27(41)42/h12-15,18-22,30H,1-11H2,(H,28,31)(H,29,32)(H,33,37)(H,34,38)(H,41,42)/t18-,19-,20-,21-,22-/m0/s1. The molecule has 42 heavy (non-hydrogen) atoms. The number of nitrogens with zero attached hydrogens (tertiary/aromatic N) is 4. The molecular formula is C27H37N9O6. The van der Waals surface area contributed by atoms with Crippen molar-refractivity contribution in [1.82, 2.24) is 45.7 Å². The zero-order chi connectivity index (χ0) is 29.6. The number of hydrogen-bond acceptors (Lipinski definition) is 8. The van der Waals surface area contributed by atoms with Gasteiger partial charge in [0.25, 0.3) is 0 Å². The quantitative estimate of drug-likeness (QED) is 0.186. The summed E-state index contributed by atoms with van der Waals surface area (Å²) < 4.78 is 0. The summed E-state index contributed by atoms with van der Waals surface area (Å²) in [5.74, 6) is -2.75. The number of carboxylic acid groups (broad SMARTS) is 1. The van der Waals surface area contributed by atoms with E-state index in [1.807, 2.05) is 0 Å². The van der Waals surface area contributed by atoms with Gasteiger partial charge in [-0.05, 0) is 45.1 Å². The third-order valence-corrected chi connectivity index (χ3v) is 8.22. The van der Waals surface area contributed by atoms with Crippen LogP contribution in [0.3, 0.4) is 0 Å². The van der Waals surface area contributed by atoms with Crippen LogP contribution >= 0.6 is 0 Å². The lowest BCUT2D eigenvalue weighted by Gasteiger charge is -2.31. The SMILES string of the molecule is O=C(N[C@@H](Cc1cnc[nH]1)C(=O)N1CCC[C@H]1C(=O)N[C@@H](Cc1cnc[nH]1)C(=O)N1CCC[C@H]1C(=O)O)[C@@H]1CCCN1. The molecule has 6 N–H and O–H groups in total. The van der Waals surface area contributed by atoms with Gasteiger partial charge in [0.05, 0.1) is 18.7 Å². The number of carboxylic acids is 1. The van der Waals surface area contributed by atoms with Crippen LogP contribution in [-0.4, -0.2) is 114 Å². The Morgan fingerprint density at radius 2 is 1.36 bits per heavy atom. The van der Waals surface area contributed by atoms with Gasteiger partial charge in [0.15, 0.2) is 0 Å². The number of aliphatic carboxylic acids is 1. The van der Waals surface area contributed by atoms with E-state index in [-0.39, 0.29) is 31.3 Å². The van der Waals surface area contributed by atoms with Crippen LogP contribution in [0.4, 0.5) is 0 Å². The van der Waals surface area contributed by atoms with Crippen molar-refractivity contribution in [1.29, 1.82) is 0 Å². The molecule has 2 aromatic heterocycles. The van der Waals surface area contributed by atoms with E-state index in [0.29, 0.717) is 50.0 Å². The first-order chi connectivity index (χ1) is 20.3. The number of hydrogen-bond donors (Lipinski definition) is 6. The topological polar surface area (TPSA) is 206 Å². The molecule has 3 saturated heterocycles. The number of imidazole rings is 2. The third kappa shape index (κ3) is 6.61. The fourth-order valence-corrected chi connectivity index (χ4v) is 6.07. The summed E-state index contributed by atoms with van der Waals surface area (Å²) in [6, 6.07) is -4.16. The number of aromatic nitrogens is 4. The number of likely N-dealkylation sites (tertiary alicyclic amines) is 2. The minimum absolute atomic E-state index is 0.0843. The molecule has 15 nitrogen and oxygen atoms in total. The van der Waals surface area contributed by atoms with Crippen molar-refractivity contribution in [3.63, 3.8) is 0 Å². The molecule has 0 bridgehead atoms. The van der Waals surface area contributed by atoms with Gasteiger partial charge in [-0.1, -0.05) is 0 Å². The Bertz CT molecular complexity index is 1260. The van der Waals surface area contributed by atoms with Gasteiger partial charge < -0.3 is 40.8 Å². The maximum atomic E-state index is 13.9. The second kappa shape index (κ2) is 13.1. The number of carbonyl (C=O) groups is 5. The van der Waals surface area contributed by atoms with Crippen molar-refractivity contribution in [3.05, 3.63) is 36.4 Å². The smallest absolute Gasteiger partial charge is 0.326 e. The van der Waals surface area contributed by atoms with Gasteiger partial charge >= 0.3 is 5.97 Å². The Balaban J connectivity index is 1.31. The normalized spacial score (nSPS) is 23.5.